The van der Waals surface area contributed by atoms with Crippen LogP contribution in [0.4, 0.5) is 4.39 Å². The molecule has 62 valence electrons. The fourth-order valence-electron chi connectivity index (χ4n) is 1.28. The lowest BCUT2D eigenvalue weighted by Gasteiger charge is -2.09. The van der Waals surface area contributed by atoms with Gasteiger partial charge in [0.2, 0.25) is 0 Å². The van der Waals surface area contributed by atoms with Gasteiger partial charge in [0.25, 0.3) is 0 Å². The highest BCUT2D eigenvalue weighted by Crippen LogP contribution is 2.26. The topological polar surface area (TPSA) is 9.23 Å². The number of ether oxygens (including phenoxy) is 1. The number of rotatable bonds is 1. The van der Waals surface area contributed by atoms with Gasteiger partial charge in [-0.1, -0.05) is 12.1 Å². The third-order valence-corrected chi connectivity index (χ3v) is 1.93. The zero-order chi connectivity index (χ0) is 8.39. The van der Waals surface area contributed by atoms with Gasteiger partial charge < -0.3 is 4.74 Å². The zero-order valence-electron chi connectivity index (χ0n) is 6.53. The van der Waals surface area contributed by atoms with Crippen molar-refractivity contribution >= 4 is 0 Å². The van der Waals surface area contributed by atoms with Crippen molar-refractivity contribution in [3.63, 3.8) is 0 Å². The van der Waals surface area contributed by atoms with Crippen LogP contribution in [0.25, 0.3) is 0 Å². The van der Waals surface area contributed by atoms with Gasteiger partial charge in [0, 0.05) is 6.42 Å². The van der Waals surface area contributed by atoms with Gasteiger partial charge in [0.05, 0.1) is 6.26 Å². The summed E-state index contributed by atoms with van der Waals surface area (Å²) in [6.45, 7) is 0. The summed E-state index contributed by atoms with van der Waals surface area (Å²) in [5.74, 6) is -0.204. The summed E-state index contributed by atoms with van der Waals surface area (Å²) in [4.78, 5) is 0. The SMILES string of the molecule is Fc1ccc([C@@H]2CC=CO2)cc1. The minimum Gasteiger partial charge on any atom is -0.493 e. The molecule has 1 aliphatic rings. The van der Waals surface area contributed by atoms with Crippen LogP contribution in [-0.4, -0.2) is 0 Å². The fourth-order valence-corrected chi connectivity index (χ4v) is 1.28. The Morgan fingerprint density at radius 1 is 1.25 bits per heavy atom. The maximum Gasteiger partial charge on any atom is 0.126 e. The Morgan fingerprint density at radius 2 is 2.00 bits per heavy atom. The summed E-state index contributed by atoms with van der Waals surface area (Å²) >= 11 is 0. The molecule has 1 heterocycles. The molecule has 2 rings (SSSR count). The van der Waals surface area contributed by atoms with Crippen molar-refractivity contribution in [2.45, 2.75) is 12.5 Å². The van der Waals surface area contributed by atoms with E-state index in [-0.39, 0.29) is 11.9 Å². The summed E-state index contributed by atoms with van der Waals surface area (Å²) in [5.41, 5.74) is 1.03. The molecule has 12 heavy (non-hydrogen) atoms. The quantitative estimate of drug-likeness (QED) is 0.620. The molecule has 2 heteroatoms. The number of halogens is 1. The molecule has 1 nitrogen and oxygen atoms in total. The van der Waals surface area contributed by atoms with Gasteiger partial charge in [-0.2, -0.15) is 0 Å². The van der Waals surface area contributed by atoms with Crippen molar-refractivity contribution in [3.8, 4) is 0 Å². The monoisotopic (exact) mass is 164 g/mol. The van der Waals surface area contributed by atoms with Crippen molar-refractivity contribution < 1.29 is 9.13 Å². The van der Waals surface area contributed by atoms with Crippen LogP contribution in [0.5, 0.6) is 0 Å². The summed E-state index contributed by atoms with van der Waals surface area (Å²) in [5, 5.41) is 0. The van der Waals surface area contributed by atoms with Gasteiger partial charge in [-0.25, -0.2) is 4.39 Å². The van der Waals surface area contributed by atoms with Crippen LogP contribution >= 0.6 is 0 Å². The summed E-state index contributed by atoms with van der Waals surface area (Å²) < 4.78 is 17.8. The largest absolute Gasteiger partial charge is 0.493 e. The summed E-state index contributed by atoms with van der Waals surface area (Å²) in [7, 11) is 0. The number of hydrogen-bond acceptors (Lipinski definition) is 1. The molecule has 1 aromatic carbocycles. The van der Waals surface area contributed by atoms with Gasteiger partial charge in [-0.05, 0) is 23.8 Å². The van der Waals surface area contributed by atoms with Crippen LogP contribution in [-0.2, 0) is 4.74 Å². The Morgan fingerprint density at radius 3 is 2.58 bits per heavy atom. The maximum absolute atomic E-state index is 12.5. The molecule has 0 N–H and O–H groups in total. The second-order valence-corrected chi connectivity index (χ2v) is 2.78. The summed E-state index contributed by atoms with van der Waals surface area (Å²) in [6.07, 6.45) is 4.62. The Balaban J connectivity index is 2.18. The van der Waals surface area contributed by atoms with Crippen molar-refractivity contribution in [3.05, 3.63) is 48.0 Å². The molecule has 0 radical (unpaired) electrons. The van der Waals surface area contributed by atoms with E-state index in [0.717, 1.165) is 12.0 Å². The minimum absolute atomic E-state index is 0.0885. The fraction of sp³-hybridized carbons (Fsp3) is 0.200. The molecule has 0 spiro atoms. The molecule has 0 aliphatic carbocycles. The lowest BCUT2D eigenvalue weighted by Crippen LogP contribution is -1.94. The first kappa shape index (κ1) is 7.35. The third kappa shape index (κ3) is 1.33. The summed E-state index contributed by atoms with van der Waals surface area (Å²) in [6, 6.07) is 6.42. The van der Waals surface area contributed by atoms with E-state index in [2.05, 4.69) is 0 Å². The molecular formula is C10H9FO. The van der Waals surface area contributed by atoms with Crippen LogP contribution in [0.2, 0.25) is 0 Å². The van der Waals surface area contributed by atoms with Crippen molar-refractivity contribution in [1.29, 1.82) is 0 Å². The first-order valence-electron chi connectivity index (χ1n) is 3.92. The average molecular weight is 164 g/mol. The van der Waals surface area contributed by atoms with Crippen LogP contribution in [0.1, 0.15) is 18.1 Å². The highest BCUT2D eigenvalue weighted by Gasteiger charge is 2.13. The molecule has 0 saturated heterocycles. The van der Waals surface area contributed by atoms with Crippen molar-refractivity contribution in [1.82, 2.24) is 0 Å². The molecule has 0 fully saturated rings. The molecule has 1 aromatic rings. The van der Waals surface area contributed by atoms with Gasteiger partial charge in [0.15, 0.2) is 0 Å². The second kappa shape index (κ2) is 2.97. The standard InChI is InChI=1S/C10H9FO/c11-9-5-3-8(4-6-9)10-2-1-7-12-10/h1,3-7,10H,2H2/t10-/m0/s1. The molecule has 0 aromatic heterocycles. The van der Waals surface area contributed by atoms with E-state index >= 15 is 0 Å². The lowest BCUT2D eigenvalue weighted by atomic mass is 10.1. The van der Waals surface area contributed by atoms with E-state index in [4.69, 9.17) is 4.74 Å². The van der Waals surface area contributed by atoms with Crippen LogP contribution in [0, 0.1) is 5.82 Å². The molecular weight excluding hydrogens is 155 g/mol. The molecule has 1 aliphatic heterocycles. The Bertz CT molecular complexity index is 281. The third-order valence-electron chi connectivity index (χ3n) is 1.93. The Labute approximate surface area is 70.5 Å². The number of hydrogen-bond donors (Lipinski definition) is 0. The van der Waals surface area contributed by atoms with Crippen LogP contribution in [0.15, 0.2) is 36.6 Å². The molecule has 0 bridgehead atoms. The molecule has 0 unspecified atom stereocenters. The van der Waals surface area contributed by atoms with E-state index in [1.54, 1.807) is 18.4 Å². The zero-order valence-corrected chi connectivity index (χ0v) is 6.53. The second-order valence-electron chi connectivity index (χ2n) is 2.78. The molecule has 0 amide bonds. The highest BCUT2D eigenvalue weighted by atomic mass is 19.1. The van der Waals surface area contributed by atoms with Crippen LogP contribution in [0.3, 0.4) is 0 Å². The van der Waals surface area contributed by atoms with Crippen molar-refractivity contribution in [2.24, 2.45) is 0 Å². The van der Waals surface area contributed by atoms with Gasteiger partial charge in [0.1, 0.15) is 11.9 Å². The van der Waals surface area contributed by atoms with Crippen LogP contribution < -0.4 is 0 Å². The lowest BCUT2D eigenvalue weighted by molar-refractivity contribution is 0.173. The first-order chi connectivity index (χ1) is 5.86. The molecule has 1 atom stereocenters. The van der Waals surface area contributed by atoms with Gasteiger partial charge >= 0.3 is 0 Å². The average Bonchev–Trinajstić information content (AvgIpc) is 2.58. The predicted molar refractivity (Wildman–Crippen MR) is 44.0 cm³/mol. The van der Waals surface area contributed by atoms with Gasteiger partial charge in [-0.15, -0.1) is 0 Å². The maximum atomic E-state index is 12.5. The van der Waals surface area contributed by atoms with E-state index in [1.165, 1.54) is 12.1 Å². The van der Waals surface area contributed by atoms with E-state index in [1.807, 2.05) is 6.08 Å². The smallest absolute Gasteiger partial charge is 0.126 e. The van der Waals surface area contributed by atoms with E-state index < -0.39 is 0 Å². The van der Waals surface area contributed by atoms with E-state index in [0.29, 0.717) is 0 Å². The minimum atomic E-state index is -0.204. The highest BCUT2D eigenvalue weighted by molar-refractivity contribution is 5.20. The Hall–Kier alpha value is -1.31. The molecule has 0 saturated carbocycles. The van der Waals surface area contributed by atoms with Crippen molar-refractivity contribution in [2.75, 3.05) is 0 Å². The predicted octanol–water partition coefficient (Wildman–Crippen LogP) is 2.80. The number of benzene rings is 1. The van der Waals surface area contributed by atoms with E-state index in [9.17, 15) is 4.39 Å². The first-order valence-corrected chi connectivity index (χ1v) is 3.92. The normalized spacial score (nSPS) is 20.9. The van der Waals surface area contributed by atoms with Gasteiger partial charge in [-0.3, -0.25) is 0 Å². The Kier molecular flexibility index (Phi) is 1.82.